The molecule has 27 heavy (non-hydrogen) atoms. The van der Waals surface area contributed by atoms with Crippen LogP contribution in [0, 0.1) is 5.92 Å². The zero-order valence-corrected chi connectivity index (χ0v) is 16.3. The van der Waals surface area contributed by atoms with Crippen LogP contribution >= 0.6 is 0 Å². The van der Waals surface area contributed by atoms with Crippen LogP contribution in [0.25, 0.3) is 0 Å². The quantitative estimate of drug-likeness (QED) is 0.805. The van der Waals surface area contributed by atoms with E-state index in [1.165, 1.54) is 5.56 Å². The first-order valence-electron chi connectivity index (χ1n) is 9.93. The van der Waals surface area contributed by atoms with Gasteiger partial charge in [0.2, 0.25) is 11.8 Å². The third-order valence-electron chi connectivity index (χ3n) is 6.40. The Labute approximate surface area is 161 Å². The Balaban J connectivity index is 1.53. The van der Waals surface area contributed by atoms with Gasteiger partial charge in [-0.2, -0.15) is 0 Å². The highest BCUT2D eigenvalue weighted by atomic mass is 16.5. The standard InChI is InChI=1S/C21H29N3O3/c1-22(2)19(25)14-23-10-8-21(9-11-23)17-5-3-4-6-18(17)24(20(21)26)13-16-7-12-27-15-16/h3-6,16H,7-15H2,1-2H3/t16-/m0/s1. The number of hydrogen-bond acceptors (Lipinski definition) is 4. The van der Waals surface area contributed by atoms with Gasteiger partial charge in [-0.3, -0.25) is 14.5 Å². The van der Waals surface area contributed by atoms with Crippen molar-refractivity contribution in [2.45, 2.75) is 24.7 Å². The highest BCUT2D eigenvalue weighted by Crippen LogP contribution is 2.48. The summed E-state index contributed by atoms with van der Waals surface area (Å²) in [5, 5.41) is 0. The maximum atomic E-state index is 13.6. The SMILES string of the molecule is CN(C)C(=O)CN1CCC2(CC1)C(=O)N(C[C@@H]1CCOC1)c1ccccc12. The third kappa shape index (κ3) is 3.25. The summed E-state index contributed by atoms with van der Waals surface area (Å²) in [6.07, 6.45) is 2.59. The molecule has 2 fully saturated rings. The summed E-state index contributed by atoms with van der Waals surface area (Å²) in [5.74, 6) is 0.788. The molecule has 0 unspecified atom stereocenters. The van der Waals surface area contributed by atoms with Crippen molar-refractivity contribution in [3.63, 3.8) is 0 Å². The van der Waals surface area contributed by atoms with Crippen molar-refractivity contribution in [1.29, 1.82) is 0 Å². The predicted octanol–water partition coefficient (Wildman–Crippen LogP) is 1.49. The monoisotopic (exact) mass is 371 g/mol. The number of nitrogens with zero attached hydrogens (tertiary/aromatic N) is 3. The molecule has 0 radical (unpaired) electrons. The van der Waals surface area contributed by atoms with Crippen molar-refractivity contribution >= 4 is 17.5 Å². The fraction of sp³-hybridized carbons (Fsp3) is 0.619. The molecule has 2 saturated heterocycles. The van der Waals surface area contributed by atoms with Crippen LogP contribution in [0.1, 0.15) is 24.8 Å². The molecule has 0 aromatic heterocycles. The summed E-state index contributed by atoms with van der Waals surface area (Å²) in [4.78, 5) is 31.4. The molecule has 3 heterocycles. The Bertz CT molecular complexity index is 719. The largest absolute Gasteiger partial charge is 0.381 e. The van der Waals surface area contributed by atoms with E-state index in [4.69, 9.17) is 4.74 Å². The van der Waals surface area contributed by atoms with Crippen molar-refractivity contribution in [1.82, 2.24) is 9.80 Å². The van der Waals surface area contributed by atoms with Gasteiger partial charge in [0.05, 0.1) is 18.6 Å². The van der Waals surface area contributed by atoms with E-state index in [9.17, 15) is 9.59 Å². The lowest BCUT2D eigenvalue weighted by Gasteiger charge is -2.38. The number of ether oxygens (including phenoxy) is 1. The van der Waals surface area contributed by atoms with Gasteiger partial charge in [0, 0.05) is 51.9 Å². The first-order valence-corrected chi connectivity index (χ1v) is 9.93. The van der Waals surface area contributed by atoms with Gasteiger partial charge in [-0.05, 0) is 30.9 Å². The smallest absolute Gasteiger partial charge is 0.237 e. The molecule has 1 aromatic rings. The van der Waals surface area contributed by atoms with Gasteiger partial charge in [0.15, 0.2) is 0 Å². The Morgan fingerprint density at radius 2 is 2.00 bits per heavy atom. The third-order valence-corrected chi connectivity index (χ3v) is 6.40. The Morgan fingerprint density at radius 3 is 2.67 bits per heavy atom. The van der Waals surface area contributed by atoms with E-state index in [0.29, 0.717) is 12.5 Å². The number of likely N-dealkylation sites (N-methyl/N-ethyl adjacent to an activating group) is 1. The molecule has 3 aliphatic rings. The van der Waals surface area contributed by atoms with Crippen molar-refractivity contribution in [2.24, 2.45) is 5.92 Å². The number of para-hydroxylation sites is 1. The summed E-state index contributed by atoms with van der Waals surface area (Å²) in [6, 6.07) is 8.27. The molecular weight excluding hydrogens is 342 g/mol. The van der Waals surface area contributed by atoms with Crippen LogP contribution in [0.4, 0.5) is 5.69 Å². The van der Waals surface area contributed by atoms with E-state index < -0.39 is 5.41 Å². The lowest BCUT2D eigenvalue weighted by Crippen LogP contribution is -2.51. The van der Waals surface area contributed by atoms with Crippen molar-refractivity contribution in [2.75, 3.05) is 58.4 Å². The maximum Gasteiger partial charge on any atom is 0.237 e. The van der Waals surface area contributed by atoms with Crippen LogP contribution in [-0.2, 0) is 19.7 Å². The summed E-state index contributed by atoms with van der Waals surface area (Å²) >= 11 is 0. The minimum Gasteiger partial charge on any atom is -0.381 e. The van der Waals surface area contributed by atoms with Gasteiger partial charge in [-0.15, -0.1) is 0 Å². The van der Waals surface area contributed by atoms with E-state index in [0.717, 1.165) is 57.8 Å². The molecule has 1 atom stereocenters. The Hall–Kier alpha value is -1.92. The van der Waals surface area contributed by atoms with Crippen LogP contribution in [0.15, 0.2) is 24.3 Å². The van der Waals surface area contributed by atoms with E-state index in [-0.39, 0.29) is 11.8 Å². The number of rotatable bonds is 4. The second-order valence-electron chi connectivity index (χ2n) is 8.31. The molecule has 2 amide bonds. The minimum absolute atomic E-state index is 0.118. The molecule has 1 aromatic carbocycles. The van der Waals surface area contributed by atoms with Gasteiger partial charge in [-0.25, -0.2) is 0 Å². The maximum absolute atomic E-state index is 13.6. The second-order valence-corrected chi connectivity index (χ2v) is 8.31. The molecule has 4 rings (SSSR count). The lowest BCUT2D eigenvalue weighted by molar-refractivity contribution is -0.130. The molecular formula is C21H29N3O3. The highest BCUT2D eigenvalue weighted by molar-refractivity contribution is 6.08. The van der Waals surface area contributed by atoms with Gasteiger partial charge < -0.3 is 14.5 Å². The summed E-state index contributed by atoms with van der Waals surface area (Å²) in [5.41, 5.74) is 1.83. The van der Waals surface area contributed by atoms with E-state index in [2.05, 4.69) is 17.0 Å². The molecule has 0 aliphatic carbocycles. The van der Waals surface area contributed by atoms with Gasteiger partial charge in [0.1, 0.15) is 0 Å². The van der Waals surface area contributed by atoms with Crippen molar-refractivity contribution in [3.05, 3.63) is 29.8 Å². The van der Waals surface area contributed by atoms with Crippen molar-refractivity contribution in [3.8, 4) is 0 Å². The highest BCUT2D eigenvalue weighted by Gasteiger charge is 2.52. The van der Waals surface area contributed by atoms with Gasteiger partial charge in [-0.1, -0.05) is 18.2 Å². The summed E-state index contributed by atoms with van der Waals surface area (Å²) < 4.78 is 5.52. The zero-order valence-electron chi connectivity index (χ0n) is 16.3. The fourth-order valence-corrected chi connectivity index (χ4v) is 4.67. The molecule has 1 spiro atoms. The Morgan fingerprint density at radius 1 is 1.26 bits per heavy atom. The van der Waals surface area contributed by atoms with Gasteiger partial charge >= 0.3 is 0 Å². The Kier molecular flexibility index (Phi) is 4.95. The topological polar surface area (TPSA) is 53.1 Å². The molecule has 6 heteroatoms. The molecule has 146 valence electrons. The summed E-state index contributed by atoms with van der Waals surface area (Å²) in [6.45, 7) is 4.29. The number of carbonyl (C=O) groups excluding carboxylic acids is 2. The molecule has 0 N–H and O–H groups in total. The van der Waals surface area contributed by atoms with Crippen molar-refractivity contribution < 1.29 is 14.3 Å². The van der Waals surface area contributed by atoms with Crippen LogP contribution in [0.5, 0.6) is 0 Å². The fourth-order valence-electron chi connectivity index (χ4n) is 4.67. The molecule has 0 saturated carbocycles. The number of fused-ring (bicyclic) bond motifs is 2. The first-order chi connectivity index (χ1) is 13.0. The average Bonchev–Trinajstić information content (AvgIpc) is 3.26. The minimum atomic E-state index is -0.423. The lowest BCUT2D eigenvalue weighted by atomic mass is 9.73. The normalized spacial score (nSPS) is 24.4. The molecule has 3 aliphatic heterocycles. The van der Waals surface area contributed by atoms with Crippen LogP contribution in [-0.4, -0.2) is 75.1 Å². The number of likely N-dealkylation sites (tertiary alicyclic amines) is 1. The first kappa shape index (κ1) is 18.4. The number of benzene rings is 1. The van der Waals surface area contributed by atoms with E-state index in [1.807, 2.05) is 17.0 Å². The number of hydrogen-bond donors (Lipinski definition) is 0. The number of piperidine rings is 1. The van der Waals surface area contributed by atoms with Crippen LogP contribution < -0.4 is 4.90 Å². The van der Waals surface area contributed by atoms with E-state index >= 15 is 0 Å². The average molecular weight is 371 g/mol. The zero-order chi connectivity index (χ0) is 19.0. The number of amides is 2. The van der Waals surface area contributed by atoms with Gasteiger partial charge in [0.25, 0.3) is 0 Å². The number of anilines is 1. The number of carbonyl (C=O) groups is 2. The van der Waals surface area contributed by atoms with Crippen LogP contribution in [0.2, 0.25) is 0 Å². The van der Waals surface area contributed by atoms with Crippen LogP contribution in [0.3, 0.4) is 0 Å². The van der Waals surface area contributed by atoms with E-state index in [1.54, 1.807) is 19.0 Å². The predicted molar refractivity (Wildman–Crippen MR) is 104 cm³/mol. The molecule has 0 bridgehead atoms. The second kappa shape index (κ2) is 7.24. The molecule has 6 nitrogen and oxygen atoms in total. The summed E-state index contributed by atoms with van der Waals surface area (Å²) in [7, 11) is 3.57.